The van der Waals surface area contributed by atoms with Crippen molar-refractivity contribution in [3.63, 3.8) is 0 Å². The van der Waals surface area contributed by atoms with E-state index in [0.717, 1.165) is 0 Å². The van der Waals surface area contributed by atoms with Crippen molar-refractivity contribution in [2.45, 2.75) is 0 Å². The van der Waals surface area contributed by atoms with Crippen molar-refractivity contribution in [3.8, 4) is 0 Å². The molecule has 0 aromatic carbocycles. The summed E-state index contributed by atoms with van der Waals surface area (Å²) >= 11 is 0. The van der Waals surface area contributed by atoms with Gasteiger partial charge in [0, 0.05) is 41.6 Å². The number of hydrogen-bond donors (Lipinski definition) is 2. The minimum atomic E-state index is -1.05. The number of aromatic nitrogens is 1. The van der Waals surface area contributed by atoms with Crippen LogP contribution >= 0.6 is 0 Å². The number of carbonyl (C=O) groups is 1. The van der Waals surface area contributed by atoms with E-state index in [1.54, 1.807) is 0 Å². The number of nitrogen functional groups attached to an aromatic ring is 1. The van der Waals surface area contributed by atoms with Gasteiger partial charge in [-0.3, -0.25) is 4.21 Å². The lowest BCUT2D eigenvalue weighted by molar-refractivity contribution is 0.0696. The van der Waals surface area contributed by atoms with Crippen molar-refractivity contribution in [2.24, 2.45) is 0 Å². The molecule has 1 aliphatic rings. The summed E-state index contributed by atoms with van der Waals surface area (Å²) < 4.78 is 11.2. The number of rotatable bonds is 2. The Balaban J connectivity index is 2.21. The number of pyridine rings is 1. The molecule has 2 heterocycles. The molecule has 1 aliphatic heterocycles. The fourth-order valence-corrected chi connectivity index (χ4v) is 2.76. The first-order chi connectivity index (χ1) is 8.08. The molecular formula is C10H13N3O3S. The molecule has 0 spiro atoms. The molecule has 1 aromatic heterocycles. The molecule has 7 heteroatoms. The third kappa shape index (κ3) is 2.55. The summed E-state index contributed by atoms with van der Waals surface area (Å²) in [6.07, 6.45) is 1.29. The molecule has 0 atom stereocenters. The van der Waals surface area contributed by atoms with Crippen molar-refractivity contribution in [1.82, 2.24) is 4.98 Å². The highest BCUT2D eigenvalue weighted by Crippen LogP contribution is 2.22. The molecule has 0 bridgehead atoms. The van der Waals surface area contributed by atoms with Gasteiger partial charge in [0.25, 0.3) is 0 Å². The molecule has 1 fully saturated rings. The van der Waals surface area contributed by atoms with Gasteiger partial charge < -0.3 is 15.7 Å². The minimum Gasteiger partial charge on any atom is -0.478 e. The van der Waals surface area contributed by atoms with E-state index in [1.807, 2.05) is 4.90 Å². The molecule has 0 unspecified atom stereocenters. The number of nitrogens with two attached hydrogens (primary N) is 1. The molecule has 17 heavy (non-hydrogen) atoms. The highest BCUT2D eigenvalue weighted by atomic mass is 32.2. The van der Waals surface area contributed by atoms with Crippen molar-refractivity contribution < 1.29 is 14.1 Å². The average Bonchev–Trinajstić information content (AvgIpc) is 2.30. The maximum Gasteiger partial charge on any atom is 0.337 e. The molecule has 92 valence electrons. The van der Waals surface area contributed by atoms with E-state index in [0.29, 0.717) is 36.1 Å². The SMILES string of the molecule is Nc1cc(C(=O)O)cnc1N1CCS(=O)CC1. The van der Waals surface area contributed by atoms with Crippen LogP contribution in [0.3, 0.4) is 0 Å². The standard InChI is InChI=1S/C10H13N3O3S/c11-8-5-7(10(14)15)6-12-9(8)13-1-3-17(16)4-2-13/h5-6H,1-4,11H2,(H,14,15). The van der Waals surface area contributed by atoms with Gasteiger partial charge in [-0.1, -0.05) is 0 Å². The van der Waals surface area contributed by atoms with Gasteiger partial charge in [-0.2, -0.15) is 0 Å². The van der Waals surface area contributed by atoms with Crippen molar-refractivity contribution in [2.75, 3.05) is 35.2 Å². The summed E-state index contributed by atoms with van der Waals surface area (Å²) in [4.78, 5) is 16.7. The Bertz CT molecular complexity index is 468. The Morgan fingerprint density at radius 3 is 2.65 bits per heavy atom. The summed E-state index contributed by atoms with van der Waals surface area (Å²) in [7, 11) is -0.757. The predicted molar refractivity (Wildman–Crippen MR) is 65.7 cm³/mol. The molecule has 1 saturated heterocycles. The van der Waals surface area contributed by atoms with E-state index in [-0.39, 0.29) is 5.56 Å². The highest BCUT2D eigenvalue weighted by Gasteiger charge is 2.19. The third-order valence-electron chi connectivity index (χ3n) is 2.62. The Morgan fingerprint density at radius 2 is 2.12 bits per heavy atom. The van der Waals surface area contributed by atoms with E-state index < -0.39 is 16.8 Å². The molecule has 0 saturated carbocycles. The smallest absolute Gasteiger partial charge is 0.337 e. The zero-order chi connectivity index (χ0) is 12.4. The number of anilines is 2. The molecule has 2 rings (SSSR count). The van der Waals surface area contributed by atoms with E-state index >= 15 is 0 Å². The predicted octanol–water partition coefficient (Wildman–Crippen LogP) is -0.0693. The molecular weight excluding hydrogens is 242 g/mol. The Morgan fingerprint density at radius 1 is 1.47 bits per heavy atom. The summed E-state index contributed by atoms with van der Waals surface area (Å²) in [5.74, 6) is 0.728. The summed E-state index contributed by atoms with van der Waals surface area (Å²) in [6.45, 7) is 1.27. The Hall–Kier alpha value is -1.63. The second-order valence-electron chi connectivity index (χ2n) is 3.78. The molecule has 0 aliphatic carbocycles. The first-order valence-electron chi connectivity index (χ1n) is 5.16. The second kappa shape index (κ2) is 4.70. The second-order valence-corrected chi connectivity index (χ2v) is 5.47. The van der Waals surface area contributed by atoms with Crippen LogP contribution in [0.4, 0.5) is 11.5 Å². The Labute approximate surface area is 101 Å². The maximum absolute atomic E-state index is 11.2. The fraction of sp³-hybridized carbons (Fsp3) is 0.400. The fourth-order valence-electron chi connectivity index (χ4n) is 1.71. The van der Waals surface area contributed by atoms with Crippen LogP contribution in [0, 0.1) is 0 Å². The van der Waals surface area contributed by atoms with Crippen molar-refractivity contribution >= 4 is 28.3 Å². The zero-order valence-electron chi connectivity index (χ0n) is 9.13. The maximum atomic E-state index is 11.2. The topological polar surface area (TPSA) is 96.5 Å². The van der Waals surface area contributed by atoms with Gasteiger partial charge in [-0.25, -0.2) is 9.78 Å². The zero-order valence-corrected chi connectivity index (χ0v) is 9.94. The quantitative estimate of drug-likeness (QED) is 0.768. The highest BCUT2D eigenvalue weighted by molar-refractivity contribution is 7.85. The van der Waals surface area contributed by atoms with Gasteiger partial charge in [0.05, 0.1) is 11.3 Å². The van der Waals surface area contributed by atoms with Crippen molar-refractivity contribution in [1.29, 1.82) is 0 Å². The Kier molecular flexibility index (Phi) is 3.28. The van der Waals surface area contributed by atoms with E-state index in [9.17, 15) is 9.00 Å². The van der Waals surface area contributed by atoms with Crippen LogP contribution in [-0.4, -0.2) is 44.9 Å². The number of nitrogens with zero attached hydrogens (tertiary/aromatic N) is 2. The van der Waals surface area contributed by atoms with Gasteiger partial charge in [0.1, 0.15) is 0 Å². The molecule has 0 amide bonds. The number of hydrogen-bond acceptors (Lipinski definition) is 5. The first-order valence-corrected chi connectivity index (χ1v) is 6.65. The van der Waals surface area contributed by atoms with Gasteiger partial charge in [-0.15, -0.1) is 0 Å². The largest absolute Gasteiger partial charge is 0.478 e. The lowest BCUT2D eigenvalue weighted by atomic mass is 10.2. The van der Waals surface area contributed by atoms with Crippen LogP contribution in [0.2, 0.25) is 0 Å². The van der Waals surface area contributed by atoms with E-state index in [2.05, 4.69) is 4.98 Å². The molecule has 0 radical (unpaired) electrons. The van der Waals surface area contributed by atoms with Crippen LogP contribution in [-0.2, 0) is 10.8 Å². The first kappa shape index (κ1) is 11.8. The van der Waals surface area contributed by atoms with Crippen LogP contribution in [0.5, 0.6) is 0 Å². The van der Waals surface area contributed by atoms with Gasteiger partial charge in [0.15, 0.2) is 5.82 Å². The molecule has 6 nitrogen and oxygen atoms in total. The van der Waals surface area contributed by atoms with Crippen molar-refractivity contribution in [3.05, 3.63) is 17.8 Å². The molecule has 3 N–H and O–H groups in total. The minimum absolute atomic E-state index is 0.0758. The summed E-state index contributed by atoms with van der Waals surface area (Å²) in [5, 5.41) is 8.80. The number of carboxylic acid groups (broad SMARTS) is 1. The normalized spacial score (nSPS) is 17.1. The van der Waals surface area contributed by atoms with E-state index in [1.165, 1.54) is 12.3 Å². The summed E-state index contributed by atoms with van der Waals surface area (Å²) in [6, 6.07) is 1.40. The van der Waals surface area contributed by atoms with Gasteiger partial charge >= 0.3 is 5.97 Å². The number of carboxylic acids is 1. The average molecular weight is 255 g/mol. The van der Waals surface area contributed by atoms with E-state index in [4.69, 9.17) is 10.8 Å². The van der Waals surface area contributed by atoms with Crippen LogP contribution in [0.1, 0.15) is 10.4 Å². The molecule has 1 aromatic rings. The monoisotopic (exact) mass is 255 g/mol. The summed E-state index contributed by atoms with van der Waals surface area (Å²) in [5.41, 5.74) is 6.20. The van der Waals surface area contributed by atoms with Gasteiger partial charge in [0.2, 0.25) is 0 Å². The van der Waals surface area contributed by atoms with Crippen LogP contribution in [0.15, 0.2) is 12.3 Å². The van der Waals surface area contributed by atoms with Crippen LogP contribution in [0.25, 0.3) is 0 Å². The number of aromatic carboxylic acids is 1. The lowest BCUT2D eigenvalue weighted by Gasteiger charge is -2.28. The van der Waals surface area contributed by atoms with Crippen LogP contribution < -0.4 is 10.6 Å². The third-order valence-corrected chi connectivity index (χ3v) is 3.90. The van der Waals surface area contributed by atoms with Gasteiger partial charge in [-0.05, 0) is 6.07 Å². The lowest BCUT2D eigenvalue weighted by Crippen LogP contribution is -2.38.